The van der Waals surface area contributed by atoms with E-state index in [0.29, 0.717) is 0 Å². The van der Waals surface area contributed by atoms with E-state index in [0.717, 1.165) is 50.4 Å². The van der Waals surface area contributed by atoms with Crippen molar-refractivity contribution < 1.29 is 5.11 Å². The molecular weight excluding hydrogens is 212 g/mol. The van der Waals surface area contributed by atoms with Crippen LogP contribution in [0.3, 0.4) is 0 Å². The molecule has 0 aliphatic heterocycles. The number of rotatable bonds is 4. The third kappa shape index (κ3) is 3.79. The molecule has 0 atom stereocenters. The molecule has 0 unspecified atom stereocenters. The van der Waals surface area contributed by atoms with Crippen molar-refractivity contribution in [1.82, 2.24) is 10.3 Å². The molecule has 17 heavy (non-hydrogen) atoms. The second-order valence-electron chi connectivity index (χ2n) is 5.07. The summed E-state index contributed by atoms with van der Waals surface area (Å²) in [6, 6.07) is 4.07. The standard InChI is InChI=1S/C14H22N2O/c1-11-3-2-8-16-14(11)10-15-9-12-4-6-13(17)7-5-12/h2-3,8,12-13,15,17H,4-7,9-10H2,1H3. The Labute approximate surface area is 103 Å². The van der Waals surface area contributed by atoms with E-state index in [1.54, 1.807) is 0 Å². The van der Waals surface area contributed by atoms with Crippen LogP contribution in [0.4, 0.5) is 0 Å². The summed E-state index contributed by atoms with van der Waals surface area (Å²) in [5.74, 6) is 0.724. The van der Waals surface area contributed by atoms with Gasteiger partial charge in [-0.15, -0.1) is 0 Å². The number of aliphatic hydroxyl groups excluding tert-OH is 1. The van der Waals surface area contributed by atoms with E-state index in [1.165, 1.54) is 5.56 Å². The summed E-state index contributed by atoms with van der Waals surface area (Å²) >= 11 is 0. The monoisotopic (exact) mass is 234 g/mol. The highest BCUT2D eigenvalue weighted by Crippen LogP contribution is 2.23. The van der Waals surface area contributed by atoms with Gasteiger partial charge in [0, 0.05) is 12.7 Å². The largest absolute Gasteiger partial charge is 0.393 e. The van der Waals surface area contributed by atoms with Gasteiger partial charge >= 0.3 is 0 Å². The fourth-order valence-corrected chi connectivity index (χ4v) is 2.45. The topological polar surface area (TPSA) is 45.2 Å². The Kier molecular flexibility index (Phi) is 4.51. The summed E-state index contributed by atoms with van der Waals surface area (Å²) in [7, 11) is 0. The molecule has 1 aromatic heterocycles. The van der Waals surface area contributed by atoms with E-state index in [-0.39, 0.29) is 6.10 Å². The molecule has 0 amide bonds. The van der Waals surface area contributed by atoms with Gasteiger partial charge in [-0.2, -0.15) is 0 Å². The highest BCUT2D eigenvalue weighted by Gasteiger charge is 2.18. The van der Waals surface area contributed by atoms with E-state index in [4.69, 9.17) is 0 Å². The molecule has 94 valence electrons. The first-order valence-electron chi connectivity index (χ1n) is 6.55. The average Bonchev–Trinajstić information content (AvgIpc) is 2.34. The van der Waals surface area contributed by atoms with E-state index in [2.05, 4.69) is 23.3 Å². The van der Waals surface area contributed by atoms with Crippen LogP contribution in [0.25, 0.3) is 0 Å². The fourth-order valence-electron chi connectivity index (χ4n) is 2.45. The third-order valence-electron chi connectivity index (χ3n) is 3.66. The van der Waals surface area contributed by atoms with Crippen molar-refractivity contribution in [3.8, 4) is 0 Å². The van der Waals surface area contributed by atoms with Gasteiger partial charge in [-0.25, -0.2) is 0 Å². The van der Waals surface area contributed by atoms with Gasteiger partial charge in [0.05, 0.1) is 11.8 Å². The van der Waals surface area contributed by atoms with Gasteiger partial charge in [0.25, 0.3) is 0 Å². The maximum absolute atomic E-state index is 9.44. The van der Waals surface area contributed by atoms with Crippen LogP contribution in [0.1, 0.15) is 36.9 Å². The maximum Gasteiger partial charge on any atom is 0.0570 e. The van der Waals surface area contributed by atoms with Gasteiger partial charge in [0.2, 0.25) is 0 Å². The molecule has 1 heterocycles. The zero-order valence-electron chi connectivity index (χ0n) is 10.5. The van der Waals surface area contributed by atoms with Crippen molar-refractivity contribution in [2.24, 2.45) is 5.92 Å². The molecule has 2 N–H and O–H groups in total. The van der Waals surface area contributed by atoms with Crippen LogP contribution in [0.5, 0.6) is 0 Å². The van der Waals surface area contributed by atoms with Gasteiger partial charge in [-0.05, 0) is 56.7 Å². The quantitative estimate of drug-likeness (QED) is 0.838. The third-order valence-corrected chi connectivity index (χ3v) is 3.66. The Morgan fingerprint density at radius 2 is 2.12 bits per heavy atom. The number of aryl methyl sites for hydroxylation is 1. The normalized spacial score (nSPS) is 24.8. The number of aromatic nitrogens is 1. The molecule has 0 saturated heterocycles. The minimum Gasteiger partial charge on any atom is -0.393 e. The van der Waals surface area contributed by atoms with Gasteiger partial charge in [0.15, 0.2) is 0 Å². The smallest absolute Gasteiger partial charge is 0.0570 e. The Hall–Kier alpha value is -0.930. The van der Waals surface area contributed by atoms with Gasteiger partial charge < -0.3 is 10.4 Å². The summed E-state index contributed by atoms with van der Waals surface area (Å²) in [6.07, 6.45) is 6.03. The Morgan fingerprint density at radius 1 is 1.35 bits per heavy atom. The predicted octanol–water partition coefficient (Wildman–Crippen LogP) is 2.03. The molecule has 1 aliphatic rings. The molecule has 1 aliphatic carbocycles. The van der Waals surface area contributed by atoms with Crippen LogP contribution < -0.4 is 5.32 Å². The lowest BCUT2D eigenvalue weighted by molar-refractivity contribution is 0.108. The summed E-state index contributed by atoms with van der Waals surface area (Å²) < 4.78 is 0. The minimum atomic E-state index is -0.0516. The molecule has 0 radical (unpaired) electrons. The van der Waals surface area contributed by atoms with Crippen LogP contribution in [0.15, 0.2) is 18.3 Å². The fraction of sp³-hybridized carbons (Fsp3) is 0.643. The number of aliphatic hydroxyl groups is 1. The molecule has 1 saturated carbocycles. The second-order valence-corrected chi connectivity index (χ2v) is 5.07. The zero-order valence-corrected chi connectivity index (χ0v) is 10.5. The Morgan fingerprint density at radius 3 is 2.82 bits per heavy atom. The van der Waals surface area contributed by atoms with E-state index >= 15 is 0 Å². The van der Waals surface area contributed by atoms with Gasteiger partial charge in [-0.3, -0.25) is 4.98 Å². The summed E-state index contributed by atoms with van der Waals surface area (Å²) in [6.45, 7) is 4.00. The number of nitrogens with one attached hydrogen (secondary N) is 1. The molecule has 3 nitrogen and oxygen atoms in total. The van der Waals surface area contributed by atoms with Crippen molar-refractivity contribution in [2.75, 3.05) is 6.54 Å². The molecule has 2 rings (SSSR count). The molecule has 0 spiro atoms. The van der Waals surface area contributed by atoms with E-state index in [9.17, 15) is 5.11 Å². The van der Waals surface area contributed by atoms with Crippen LogP contribution >= 0.6 is 0 Å². The number of hydrogen-bond donors (Lipinski definition) is 2. The van der Waals surface area contributed by atoms with Crippen molar-refractivity contribution in [2.45, 2.75) is 45.3 Å². The predicted molar refractivity (Wildman–Crippen MR) is 68.6 cm³/mol. The van der Waals surface area contributed by atoms with Crippen LogP contribution in [0.2, 0.25) is 0 Å². The average molecular weight is 234 g/mol. The number of hydrogen-bond acceptors (Lipinski definition) is 3. The van der Waals surface area contributed by atoms with E-state index in [1.807, 2.05) is 12.3 Å². The van der Waals surface area contributed by atoms with Crippen molar-refractivity contribution in [1.29, 1.82) is 0 Å². The lowest BCUT2D eigenvalue weighted by Gasteiger charge is -2.25. The molecular formula is C14H22N2O. The molecule has 0 aromatic carbocycles. The number of pyridine rings is 1. The van der Waals surface area contributed by atoms with Crippen LogP contribution in [-0.4, -0.2) is 22.7 Å². The minimum absolute atomic E-state index is 0.0516. The van der Waals surface area contributed by atoms with E-state index < -0.39 is 0 Å². The summed E-state index contributed by atoms with van der Waals surface area (Å²) in [4.78, 5) is 4.37. The summed E-state index contributed by atoms with van der Waals surface area (Å²) in [5.41, 5.74) is 2.39. The van der Waals surface area contributed by atoms with Crippen molar-refractivity contribution in [3.63, 3.8) is 0 Å². The first kappa shape index (κ1) is 12.5. The number of nitrogens with zero attached hydrogens (tertiary/aromatic N) is 1. The molecule has 1 aromatic rings. The van der Waals surface area contributed by atoms with Crippen molar-refractivity contribution >= 4 is 0 Å². The Bertz CT molecular complexity index is 346. The zero-order chi connectivity index (χ0) is 12.1. The van der Waals surface area contributed by atoms with Crippen LogP contribution in [0, 0.1) is 12.8 Å². The first-order valence-corrected chi connectivity index (χ1v) is 6.55. The second kappa shape index (κ2) is 6.12. The first-order chi connectivity index (χ1) is 8.25. The lowest BCUT2D eigenvalue weighted by Crippen LogP contribution is -2.28. The highest BCUT2D eigenvalue weighted by molar-refractivity contribution is 5.17. The lowest BCUT2D eigenvalue weighted by atomic mass is 9.87. The Balaban J connectivity index is 1.71. The summed E-state index contributed by atoms with van der Waals surface area (Å²) in [5, 5.41) is 12.9. The maximum atomic E-state index is 9.44. The molecule has 3 heteroatoms. The van der Waals surface area contributed by atoms with Gasteiger partial charge in [0.1, 0.15) is 0 Å². The SMILES string of the molecule is Cc1cccnc1CNCC1CCC(O)CC1. The molecule has 1 fully saturated rings. The van der Waals surface area contributed by atoms with Crippen LogP contribution in [-0.2, 0) is 6.54 Å². The highest BCUT2D eigenvalue weighted by atomic mass is 16.3. The van der Waals surface area contributed by atoms with Gasteiger partial charge in [-0.1, -0.05) is 6.07 Å². The van der Waals surface area contributed by atoms with Crippen molar-refractivity contribution in [3.05, 3.63) is 29.6 Å². The molecule has 0 bridgehead atoms.